The fourth-order valence-corrected chi connectivity index (χ4v) is 5.62. The number of nitrogens with zero attached hydrogens (tertiary/aromatic N) is 6. The van der Waals surface area contributed by atoms with Gasteiger partial charge in [-0.2, -0.15) is 5.10 Å². The molecule has 0 unspecified atom stereocenters. The molecule has 2 aliphatic rings. The summed E-state index contributed by atoms with van der Waals surface area (Å²) in [6.07, 6.45) is 6.06. The first-order valence-electron chi connectivity index (χ1n) is 13.4. The average molecular weight is 501 g/mol. The molecule has 0 spiro atoms. The summed E-state index contributed by atoms with van der Waals surface area (Å²) in [4.78, 5) is 30.3. The van der Waals surface area contributed by atoms with Crippen molar-refractivity contribution < 1.29 is 4.79 Å². The molecule has 0 radical (unpaired) electrons. The van der Waals surface area contributed by atoms with Gasteiger partial charge in [0.25, 0.3) is 0 Å². The number of pyridine rings is 2. The first kappa shape index (κ1) is 23.9. The Labute approximate surface area is 217 Å². The Bertz CT molecular complexity index is 1480. The zero-order chi connectivity index (χ0) is 25.8. The van der Waals surface area contributed by atoms with Crippen molar-refractivity contribution in [1.29, 1.82) is 0 Å². The van der Waals surface area contributed by atoms with Crippen LogP contribution < -0.4 is 10.2 Å². The number of anilines is 1. The first-order chi connectivity index (χ1) is 17.8. The molecule has 2 fully saturated rings. The molecule has 37 heavy (non-hydrogen) atoms. The summed E-state index contributed by atoms with van der Waals surface area (Å²) in [5, 5.41) is 7.75. The maximum Gasteiger partial charge on any atom is 0.236 e. The van der Waals surface area contributed by atoms with Crippen molar-refractivity contribution in [3.63, 3.8) is 0 Å². The first-order valence-corrected chi connectivity index (χ1v) is 13.4. The third-order valence-electron chi connectivity index (χ3n) is 8.03. The Morgan fingerprint density at radius 1 is 1.19 bits per heavy atom. The van der Waals surface area contributed by atoms with E-state index in [0.717, 1.165) is 59.0 Å². The Kier molecular flexibility index (Phi) is 5.90. The van der Waals surface area contributed by atoms with E-state index in [-0.39, 0.29) is 17.9 Å². The number of fused-ring (bicyclic) bond motifs is 2. The van der Waals surface area contributed by atoms with Gasteiger partial charge in [0.05, 0.1) is 23.3 Å². The van der Waals surface area contributed by atoms with Crippen molar-refractivity contribution in [3.8, 4) is 11.3 Å². The van der Waals surface area contributed by atoms with Crippen molar-refractivity contribution in [2.45, 2.75) is 65.5 Å². The van der Waals surface area contributed by atoms with E-state index in [1.54, 1.807) is 6.33 Å². The van der Waals surface area contributed by atoms with Crippen molar-refractivity contribution in [1.82, 2.24) is 34.8 Å². The third-order valence-corrected chi connectivity index (χ3v) is 8.03. The lowest BCUT2D eigenvalue weighted by Crippen LogP contribution is -2.55. The molecule has 1 saturated carbocycles. The second kappa shape index (κ2) is 9.13. The number of carbonyl (C=O) groups is 1. The normalized spacial score (nSPS) is 18.5. The highest BCUT2D eigenvalue weighted by Crippen LogP contribution is 2.38. The maximum absolute atomic E-state index is 12.7. The number of piperazine rings is 1. The molecular weight excluding hydrogens is 464 g/mol. The van der Waals surface area contributed by atoms with E-state index in [0.29, 0.717) is 12.6 Å². The lowest BCUT2D eigenvalue weighted by atomic mass is 9.95. The van der Waals surface area contributed by atoms with Crippen LogP contribution in [-0.4, -0.2) is 73.6 Å². The molecule has 4 aromatic rings. The van der Waals surface area contributed by atoms with Gasteiger partial charge < -0.3 is 20.1 Å². The zero-order valence-corrected chi connectivity index (χ0v) is 22.4. The molecule has 194 valence electrons. The highest BCUT2D eigenvalue weighted by Gasteiger charge is 2.30. The van der Waals surface area contributed by atoms with Gasteiger partial charge in [-0.25, -0.2) is 14.5 Å². The minimum Gasteiger partial charge on any atom is -0.353 e. The van der Waals surface area contributed by atoms with Gasteiger partial charge >= 0.3 is 0 Å². The van der Waals surface area contributed by atoms with Gasteiger partial charge in [-0.15, -0.1) is 0 Å². The van der Waals surface area contributed by atoms with E-state index in [2.05, 4.69) is 78.2 Å². The quantitative estimate of drug-likeness (QED) is 0.418. The monoisotopic (exact) mass is 500 g/mol. The predicted octanol–water partition coefficient (Wildman–Crippen LogP) is 3.80. The summed E-state index contributed by atoms with van der Waals surface area (Å²) >= 11 is 0. The Balaban J connectivity index is 1.32. The van der Waals surface area contributed by atoms with Crippen molar-refractivity contribution in [3.05, 3.63) is 41.3 Å². The van der Waals surface area contributed by atoms with Crippen LogP contribution in [0.1, 0.15) is 56.2 Å². The van der Waals surface area contributed by atoms with Gasteiger partial charge in [0.1, 0.15) is 12.1 Å². The molecule has 2 N–H and O–H groups in total. The topological polar surface area (TPSA) is 94.5 Å². The average Bonchev–Trinajstić information content (AvgIpc) is 3.45. The van der Waals surface area contributed by atoms with E-state index < -0.39 is 0 Å². The van der Waals surface area contributed by atoms with Gasteiger partial charge in [0, 0.05) is 49.0 Å². The molecule has 5 heterocycles. The number of aromatic nitrogens is 5. The van der Waals surface area contributed by atoms with Crippen LogP contribution in [0.25, 0.3) is 27.9 Å². The fourth-order valence-electron chi connectivity index (χ4n) is 5.62. The van der Waals surface area contributed by atoms with Crippen molar-refractivity contribution in [2.75, 3.05) is 31.1 Å². The van der Waals surface area contributed by atoms with Gasteiger partial charge in [-0.05, 0) is 62.8 Å². The van der Waals surface area contributed by atoms with Crippen LogP contribution in [0.4, 0.5) is 5.82 Å². The number of rotatable bonds is 6. The Hall–Kier alpha value is -3.46. The molecule has 4 aromatic heterocycles. The number of hydrogen-bond acceptors (Lipinski definition) is 6. The molecule has 1 aliphatic carbocycles. The van der Waals surface area contributed by atoms with Gasteiger partial charge in [-0.3, -0.25) is 4.79 Å². The molecule has 1 aliphatic heterocycles. The lowest BCUT2D eigenvalue weighted by molar-refractivity contribution is -0.131. The van der Waals surface area contributed by atoms with E-state index in [9.17, 15) is 4.79 Å². The largest absolute Gasteiger partial charge is 0.353 e. The van der Waals surface area contributed by atoms with Gasteiger partial charge in [0.2, 0.25) is 5.91 Å². The summed E-state index contributed by atoms with van der Waals surface area (Å²) in [6.45, 7) is 13.6. The van der Waals surface area contributed by atoms with E-state index in [1.165, 1.54) is 24.0 Å². The summed E-state index contributed by atoms with van der Waals surface area (Å²) in [7, 11) is 0. The summed E-state index contributed by atoms with van der Waals surface area (Å²) < 4.78 is 1.86. The van der Waals surface area contributed by atoms with E-state index in [4.69, 9.17) is 4.98 Å². The highest BCUT2D eigenvalue weighted by atomic mass is 16.2. The fraction of sp³-hybridized carbons (Fsp3) is 0.500. The number of H-pyrrole nitrogens is 1. The summed E-state index contributed by atoms with van der Waals surface area (Å²) in [6, 6.07) is 5.00. The third kappa shape index (κ3) is 4.25. The smallest absolute Gasteiger partial charge is 0.236 e. The number of aromatic amines is 1. The van der Waals surface area contributed by atoms with Crippen LogP contribution in [0.5, 0.6) is 0 Å². The Morgan fingerprint density at radius 3 is 2.73 bits per heavy atom. The molecular formula is C28H36N8O. The number of nitrogens with one attached hydrogen (secondary N) is 2. The SMILES string of the molecule is Cc1c(-c2[nH]c3ccc(N4CCN(C(=O)CNC5CC5)C[C@H]4C)nc3c2C(C)C)cn2ncnc2c1C. The second-order valence-electron chi connectivity index (χ2n) is 11.0. The summed E-state index contributed by atoms with van der Waals surface area (Å²) in [5.41, 5.74) is 8.69. The maximum atomic E-state index is 12.7. The second-order valence-corrected chi connectivity index (χ2v) is 11.0. The molecule has 0 aromatic carbocycles. The predicted molar refractivity (Wildman–Crippen MR) is 146 cm³/mol. The molecule has 6 rings (SSSR count). The van der Waals surface area contributed by atoms with Crippen LogP contribution in [0.2, 0.25) is 0 Å². The standard InChI is InChI=1S/C28H36N8O/c1-16(2)25-26(21-14-36-28(30-15-31-36)19(5)18(21)4)32-22-8-9-23(33-27(22)25)35-11-10-34(13-17(35)3)24(37)12-29-20-6-7-20/h8-9,14-17,20,29,32H,6-7,10-13H2,1-5H3/t17-/m1/s1. The van der Waals surface area contributed by atoms with Crippen LogP contribution in [0.15, 0.2) is 24.7 Å². The Morgan fingerprint density at radius 2 is 2.00 bits per heavy atom. The molecule has 0 bridgehead atoms. The van der Waals surface area contributed by atoms with Crippen molar-refractivity contribution in [2.24, 2.45) is 0 Å². The molecule has 1 saturated heterocycles. The van der Waals surface area contributed by atoms with E-state index >= 15 is 0 Å². The molecule has 1 amide bonds. The highest BCUT2D eigenvalue weighted by molar-refractivity contribution is 5.90. The minimum absolute atomic E-state index is 0.198. The van der Waals surface area contributed by atoms with Crippen LogP contribution in [0, 0.1) is 13.8 Å². The number of carbonyl (C=O) groups excluding carboxylic acids is 1. The molecule has 9 nitrogen and oxygen atoms in total. The van der Waals surface area contributed by atoms with Crippen LogP contribution >= 0.6 is 0 Å². The lowest BCUT2D eigenvalue weighted by Gasteiger charge is -2.40. The zero-order valence-electron chi connectivity index (χ0n) is 22.4. The van der Waals surface area contributed by atoms with Crippen LogP contribution in [-0.2, 0) is 4.79 Å². The summed E-state index contributed by atoms with van der Waals surface area (Å²) in [5.74, 6) is 1.45. The van der Waals surface area contributed by atoms with E-state index in [1.807, 2.05) is 9.42 Å². The number of hydrogen-bond donors (Lipinski definition) is 2. The minimum atomic E-state index is 0.198. The number of amides is 1. The van der Waals surface area contributed by atoms with Crippen molar-refractivity contribution >= 4 is 28.4 Å². The van der Waals surface area contributed by atoms with Gasteiger partial charge in [-0.1, -0.05) is 13.8 Å². The molecule has 1 atom stereocenters. The number of aryl methyl sites for hydroxylation is 1. The van der Waals surface area contributed by atoms with Crippen LogP contribution in [0.3, 0.4) is 0 Å². The van der Waals surface area contributed by atoms with Gasteiger partial charge in [0.15, 0.2) is 5.65 Å². The molecule has 9 heteroatoms.